The van der Waals surface area contributed by atoms with Crippen molar-refractivity contribution in [2.24, 2.45) is 5.73 Å². The fraction of sp³-hybridized carbons (Fsp3) is 0.571. The molecule has 2 N–H and O–H groups in total. The van der Waals surface area contributed by atoms with E-state index >= 15 is 0 Å². The van der Waals surface area contributed by atoms with Crippen molar-refractivity contribution >= 4 is 21.6 Å². The molecule has 0 spiro atoms. The number of rotatable bonds is 3. The minimum Gasteiger partial charge on any atom is -0.363 e. The van der Waals surface area contributed by atoms with Crippen molar-refractivity contribution in [3.05, 3.63) is 33.7 Å². The minimum absolute atomic E-state index is 0.100. The molecule has 0 aliphatic carbocycles. The zero-order chi connectivity index (χ0) is 14.3. The third-order valence-electron chi connectivity index (χ3n) is 4.32. The van der Waals surface area contributed by atoms with Gasteiger partial charge in [-0.05, 0) is 41.6 Å². The van der Waals surface area contributed by atoms with Gasteiger partial charge in [0.15, 0.2) is 0 Å². The van der Waals surface area contributed by atoms with Gasteiger partial charge >= 0.3 is 0 Å². The summed E-state index contributed by atoms with van der Waals surface area (Å²) in [7, 11) is 0. The highest BCUT2D eigenvalue weighted by Crippen LogP contribution is 2.40. The molecule has 6 heteroatoms. The van der Waals surface area contributed by atoms with Gasteiger partial charge in [-0.1, -0.05) is 6.08 Å². The Morgan fingerprint density at radius 3 is 2.70 bits per heavy atom. The lowest BCUT2D eigenvalue weighted by atomic mass is 9.98. The molecule has 3 heterocycles. The summed E-state index contributed by atoms with van der Waals surface area (Å²) >= 11 is 3.45. The van der Waals surface area contributed by atoms with Gasteiger partial charge in [-0.2, -0.15) is 5.10 Å². The summed E-state index contributed by atoms with van der Waals surface area (Å²) in [6.07, 6.45) is 7.76. The average molecular weight is 339 g/mol. The van der Waals surface area contributed by atoms with Crippen LogP contribution in [0.5, 0.6) is 0 Å². The zero-order valence-corrected chi connectivity index (χ0v) is 12.9. The van der Waals surface area contributed by atoms with Crippen molar-refractivity contribution in [2.75, 3.05) is 4.90 Å². The van der Waals surface area contributed by atoms with Gasteiger partial charge in [0, 0.05) is 18.1 Å². The van der Waals surface area contributed by atoms with E-state index in [1.165, 1.54) is 4.68 Å². The number of nitrogens with two attached hydrogens (primary N) is 1. The van der Waals surface area contributed by atoms with Crippen LogP contribution in [-0.2, 0) is 6.54 Å². The number of fused-ring (bicyclic) bond motifs is 2. The molecule has 20 heavy (non-hydrogen) atoms. The second-order valence-electron chi connectivity index (χ2n) is 5.64. The van der Waals surface area contributed by atoms with E-state index in [0.717, 1.165) is 31.4 Å². The summed E-state index contributed by atoms with van der Waals surface area (Å²) in [5, 5.41) is 4.25. The molecule has 0 saturated carbocycles. The molecule has 5 nitrogen and oxygen atoms in total. The number of allylic oxidation sites excluding steroid dienone is 1. The Labute approximate surface area is 126 Å². The number of nitrogens with zero attached hydrogens (tertiary/aromatic N) is 3. The van der Waals surface area contributed by atoms with Crippen molar-refractivity contribution < 1.29 is 0 Å². The van der Waals surface area contributed by atoms with Gasteiger partial charge < -0.3 is 10.6 Å². The SMILES string of the molecule is C=CCn1ncc(N2C3CCC2CC(N)C3)c(Br)c1=O. The maximum atomic E-state index is 12.3. The number of hydrogen-bond acceptors (Lipinski definition) is 4. The van der Waals surface area contributed by atoms with Gasteiger partial charge in [-0.15, -0.1) is 6.58 Å². The zero-order valence-electron chi connectivity index (χ0n) is 11.3. The fourth-order valence-electron chi connectivity index (χ4n) is 3.50. The Balaban J connectivity index is 1.97. The molecule has 0 aromatic carbocycles. The first-order valence-corrected chi connectivity index (χ1v) is 7.81. The van der Waals surface area contributed by atoms with Crippen LogP contribution in [0.1, 0.15) is 25.7 Å². The molecule has 2 unspecified atom stereocenters. The van der Waals surface area contributed by atoms with Gasteiger partial charge in [0.05, 0.1) is 18.4 Å². The molecule has 2 saturated heterocycles. The number of halogens is 1. The average Bonchev–Trinajstić information content (AvgIpc) is 2.68. The van der Waals surface area contributed by atoms with Crippen molar-refractivity contribution in [1.82, 2.24) is 9.78 Å². The van der Waals surface area contributed by atoms with E-state index in [1.54, 1.807) is 12.3 Å². The molecule has 2 bridgehead atoms. The molecule has 2 atom stereocenters. The van der Waals surface area contributed by atoms with Crippen molar-refractivity contribution in [1.29, 1.82) is 0 Å². The number of aromatic nitrogens is 2. The quantitative estimate of drug-likeness (QED) is 0.851. The van der Waals surface area contributed by atoms with Gasteiger partial charge in [-0.25, -0.2) is 4.68 Å². The Morgan fingerprint density at radius 2 is 2.10 bits per heavy atom. The van der Waals surface area contributed by atoms with E-state index in [2.05, 4.69) is 32.5 Å². The summed E-state index contributed by atoms with van der Waals surface area (Å²) in [6.45, 7) is 4.07. The van der Waals surface area contributed by atoms with Crippen molar-refractivity contribution in [2.45, 2.75) is 50.4 Å². The van der Waals surface area contributed by atoms with Crippen LogP contribution in [0, 0.1) is 0 Å². The molecule has 3 rings (SSSR count). The number of piperidine rings is 1. The lowest BCUT2D eigenvalue weighted by molar-refractivity contribution is 0.413. The van der Waals surface area contributed by atoms with Crippen LogP contribution in [0.25, 0.3) is 0 Å². The standard InChI is InChI=1S/C14H19BrN4O/c1-2-5-18-14(20)13(15)12(8-17-18)19-10-3-4-11(19)7-9(16)6-10/h2,8-11H,1,3-7,16H2. The monoisotopic (exact) mass is 338 g/mol. The maximum Gasteiger partial charge on any atom is 0.283 e. The Morgan fingerprint density at radius 1 is 1.45 bits per heavy atom. The largest absolute Gasteiger partial charge is 0.363 e. The third-order valence-corrected chi connectivity index (χ3v) is 5.06. The summed E-state index contributed by atoms with van der Waals surface area (Å²) in [5.41, 5.74) is 6.91. The van der Waals surface area contributed by atoms with E-state index in [0.29, 0.717) is 23.1 Å². The van der Waals surface area contributed by atoms with E-state index in [9.17, 15) is 4.79 Å². The molecule has 2 aliphatic rings. The maximum absolute atomic E-state index is 12.3. The van der Waals surface area contributed by atoms with Crippen LogP contribution < -0.4 is 16.2 Å². The van der Waals surface area contributed by atoms with Crippen LogP contribution in [0.3, 0.4) is 0 Å². The highest BCUT2D eigenvalue weighted by Gasteiger charge is 2.40. The van der Waals surface area contributed by atoms with E-state index in [4.69, 9.17) is 5.73 Å². The van der Waals surface area contributed by atoms with Crippen LogP contribution in [-0.4, -0.2) is 27.9 Å². The summed E-state index contributed by atoms with van der Waals surface area (Å²) in [5.74, 6) is 0. The van der Waals surface area contributed by atoms with Crippen molar-refractivity contribution in [3.63, 3.8) is 0 Å². The predicted octanol–water partition coefficient (Wildman–Crippen LogP) is 1.65. The summed E-state index contributed by atoms with van der Waals surface area (Å²) in [6, 6.07) is 1.17. The Hall–Kier alpha value is -1.14. The summed E-state index contributed by atoms with van der Waals surface area (Å²) in [4.78, 5) is 14.6. The molecule has 108 valence electrons. The van der Waals surface area contributed by atoms with Crippen LogP contribution in [0.4, 0.5) is 5.69 Å². The van der Waals surface area contributed by atoms with Gasteiger partial charge in [0.25, 0.3) is 5.56 Å². The van der Waals surface area contributed by atoms with Crippen LogP contribution in [0.2, 0.25) is 0 Å². The normalized spacial score (nSPS) is 28.7. The van der Waals surface area contributed by atoms with E-state index in [-0.39, 0.29) is 11.6 Å². The molecule has 2 fully saturated rings. The topological polar surface area (TPSA) is 64.2 Å². The summed E-state index contributed by atoms with van der Waals surface area (Å²) < 4.78 is 2.01. The fourth-order valence-corrected chi connectivity index (χ4v) is 4.01. The van der Waals surface area contributed by atoms with Crippen LogP contribution >= 0.6 is 15.9 Å². The molecule has 1 aromatic heterocycles. The molecule has 0 amide bonds. The molecule has 1 aromatic rings. The Kier molecular flexibility index (Phi) is 3.69. The van der Waals surface area contributed by atoms with Crippen molar-refractivity contribution in [3.8, 4) is 0 Å². The van der Waals surface area contributed by atoms with Crippen LogP contribution in [0.15, 0.2) is 28.1 Å². The van der Waals surface area contributed by atoms with Gasteiger partial charge in [-0.3, -0.25) is 4.79 Å². The lowest BCUT2D eigenvalue weighted by Crippen LogP contribution is -2.48. The second kappa shape index (κ2) is 5.33. The Bertz CT molecular complexity index is 571. The first kappa shape index (κ1) is 13.8. The van der Waals surface area contributed by atoms with E-state index in [1.807, 2.05) is 0 Å². The third kappa shape index (κ3) is 2.20. The molecular weight excluding hydrogens is 320 g/mol. The van der Waals surface area contributed by atoms with Gasteiger partial charge in [0.1, 0.15) is 4.47 Å². The first-order valence-electron chi connectivity index (χ1n) is 7.02. The van der Waals surface area contributed by atoms with Gasteiger partial charge in [0.2, 0.25) is 0 Å². The van der Waals surface area contributed by atoms with E-state index < -0.39 is 0 Å². The minimum atomic E-state index is -0.100. The highest BCUT2D eigenvalue weighted by atomic mass is 79.9. The highest BCUT2D eigenvalue weighted by molar-refractivity contribution is 9.10. The smallest absolute Gasteiger partial charge is 0.283 e. The number of anilines is 1. The molecular formula is C14H19BrN4O. The number of hydrogen-bond donors (Lipinski definition) is 1. The second-order valence-corrected chi connectivity index (χ2v) is 6.44. The predicted molar refractivity (Wildman–Crippen MR) is 82.9 cm³/mol. The lowest BCUT2D eigenvalue weighted by Gasteiger charge is -2.39. The molecule has 0 radical (unpaired) electrons. The molecule has 2 aliphatic heterocycles. The first-order chi connectivity index (χ1) is 9.61.